The summed E-state index contributed by atoms with van der Waals surface area (Å²) in [6.45, 7) is 7.17. The van der Waals surface area contributed by atoms with Gasteiger partial charge in [-0.2, -0.15) is 0 Å². The number of aliphatic imine (C=N–C) groups is 1. The molecule has 0 aromatic heterocycles. The summed E-state index contributed by atoms with van der Waals surface area (Å²) in [7, 11) is 0. The highest BCUT2D eigenvalue weighted by Gasteiger charge is 2.35. The van der Waals surface area contributed by atoms with Crippen LogP contribution in [0.4, 0.5) is 11.4 Å². The Morgan fingerprint density at radius 3 is 2.38 bits per heavy atom. The lowest BCUT2D eigenvalue weighted by Gasteiger charge is -2.41. The van der Waals surface area contributed by atoms with E-state index in [9.17, 15) is 9.59 Å². The summed E-state index contributed by atoms with van der Waals surface area (Å²) in [6.07, 6.45) is 12.0. The number of hydrogen-bond acceptors (Lipinski definition) is 5. The van der Waals surface area contributed by atoms with E-state index in [4.69, 9.17) is 4.99 Å². The minimum Gasteiger partial charge on any atom is -0.371 e. The number of anilines is 2. The fraction of sp³-hybridized carbons (Fsp3) is 0.571. The van der Waals surface area contributed by atoms with Crippen LogP contribution in [0.15, 0.2) is 53.5 Å². The molecule has 224 valence electrons. The van der Waals surface area contributed by atoms with E-state index in [1.54, 1.807) is 0 Å². The number of fused-ring (bicyclic) bond motifs is 1. The number of benzene rings is 2. The van der Waals surface area contributed by atoms with Crippen LogP contribution in [0.5, 0.6) is 0 Å². The van der Waals surface area contributed by atoms with Crippen molar-refractivity contribution in [1.82, 2.24) is 10.2 Å². The summed E-state index contributed by atoms with van der Waals surface area (Å²) >= 11 is 0. The van der Waals surface area contributed by atoms with Crippen LogP contribution in [-0.4, -0.2) is 67.4 Å². The molecule has 2 aromatic rings. The third-order valence-corrected chi connectivity index (χ3v) is 9.79. The molecule has 1 unspecified atom stereocenters. The molecule has 4 aliphatic rings. The average Bonchev–Trinajstić information content (AvgIpc) is 3.17. The van der Waals surface area contributed by atoms with E-state index in [0.29, 0.717) is 24.1 Å². The number of piperidine rings is 2. The number of carbonyl (C=O) groups excluding carboxylic acids is 2. The van der Waals surface area contributed by atoms with Crippen LogP contribution in [0.3, 0.4) is 0 Å². The molecule has 2 saturated heterocycles. The first-order valence-corrected chi connectivity index (χ1v) is 16.5. The fourth-order valence-corrected chi connectivity index (χ4v) is 7.53. The molecule has 0 spiro atoms. The molecular weight excluding hydrogens is 522 g/mol. The van der Waals surface area contributed by atoms with Crippen molar-refractivity contribution < 1.29 is 9.59 Å². The van der Waals surface area contributed by atoms with Crippen molar-refractivity contribution in [3.8, 4) is 0 Å². The van der Waals surface area contributed by atoms with Crippen LogP contribution >= 0.6 is 0 Å². The standard InChI is InChI=1S/C35H47N5O2/c1-2-20-40-31-17-8-7-16-30(31)32(26-12-5-3-6-13-26)36-33(35(40)42)37-34(41)27-14-11-15-29(25-27)39-23-18-28(19-24-39)38-21-9-4-10-22-38/h7-8,11,14-17,25-26,28,33H,2-6,9-10,12-13,18-24H2,1H3,(H,37,41). The van der Waals surface area contributed by atoms with Crippen LogP contribution in [0.25, 0.3) is 0 Å². The van der Waals surface area contributed by atoms with Gasteiger partial charge in [0.25, 0.3) is 11.8 Å². The van der Waals surface area contributed by atoms with Crippen LogP contribution in [0.2, 0.25) is 0 Å². The van der Waals surface area contributed by atoms with Crippen molar-refractivity contribution in [3.63, 3.8) is 0 Å². The van der Waals surface area contributed by atoms with Gasteiger partial charge in [-0.15, -0.1) is 0 Å². The summed E-state index contributed by atoms with van der Waals surface area (Å²) < 4.78 is 0. The molecule has 3 heterocycles. The lowest BCUT2D eigenvalue weighted by atomic mass is 9.83. The Morgan fingerprint density at radius 1 is 0.881 bits per heavy atom. The van der Waals surface area contributed by atoms with Gasteiger partial charge in [-0.1, -0.05) is 56.9 Å². The first kappa shape index (κ1) is 28.9. The summed E-state index contributed by atoms with van der Waals surface area (Å²) in [5.41, 5.74) is 4.60. The van der Waals surface area contributed by atoms with Crippen molar-refractivity contribution in [2.24, 2.45) is 10.9 Å². The first-order chi connectivity index (χ1) is 20.6. The number of rotatable bonds is 7. The SMILES string of the molecule is CCCN1C(=O)C(NC(=O)c2cccc(N3CCC(N4CCCCC4)CC3)c2)N=C(C2CCCCC2)c2ccccc21. The number of carbonyl (C=O) groups is 2. The maximum absolute atomic E-state index is 14.0. The van der Waals surface area contributed by atoms with E-state index < -0.39 is 6.17 Å². The number of amides is 2. The largest absolute Gasteiger partial charge is 0.371 e. The van der Waals surface area contributed by atoms with E-state index in [-0.39, 0.29) is 11.8 Å². The zero-order valence-electron chi connectivity index (χ0n) is 25.3. The summed E-state index contributed by atoms with van der Waals surface area (Å²) in [5, 5.41) is 3.05. The van der Waals surface area contributed by atoms with E-state index in [2.05, 4.69) is 34.2 Å². The van der Waals surface area contributed by atoms with Crippen LogP contribution < -0.4 is 15.1 Å². The Bertz CT molecular complexity index is 1270. The first-order valence-electron chi connectivity index (χ1n) is 16.5. The van der Waals surface area contributed by atoms with Crippen molar-refractivity contribution >= 4 is 28.9 Å². The normalized spacial score (nSPS) is 22.8. The van der Waals surface area contributed by atoms with E-state index in [0.717, 1.165) is 55.0 Å². The third kappa shape index (κ3) is 6.26. The minimum absolute atomic E-state index is 0.153. The van der Waals surface area contributed by atoms with Crippen molar-refractivity contribution in [1.29, 1.82) is 0 Å². The van der Waals surface area contributed by atoms with Crippen LogP contribution in [0, 0.1) is 5.92 Å². The van der Waals surface area contributed by atoms with Crippen LogP contribution in [0.1, 0.15) is 93.5 Å². The average molecular weight is 570 g/mol. The van der Waals surface area contributed by atoms with Crippen LogP contribution in [-0.2, 0) is 4.79 Å². The molecule has 7 heteroatoms. The molecule has 7 nitrogen and oxygen atoms in total. The molecular formula is C35H47N5O2. The van der Waals surface area contributed by atoms with Gasteiger partial charge in [0, 0.05) is 48.4 Å². The molecule has 3 aliphatic heterocycles. The highest BCUT2D eigenvalue weighted by Crippen LogP contribution is 2.34. The van der Waals surface area contributed by atoms with Gasteiger partial charge in [-0.05, 0) is 82.3 Å². The predicted octanol–water partition coefficient (Wildman–Crippen LogP) is 6.02. The molecule has 42 heavy (non-hydrogen) atoms. The third-order valence-electron chi connectivity index (χ3n) is 9.79. The van der Waals surface area contributed by atoms with Gasteiger partial charge in [-0.3, -0.25) is 14.6 Å². The minimum atomic E-state index is -0.933. The van der Waals surface area contributed by atoms with Gasteiger partial charge in [0.2, 0.25) is 6.17 Å². The molecule has 2 aromatic carbocycles. The van der Waals surface area contributed by atoms with Gasteiger partial charge in [0.05, 0.1) is 11.4 Å². The number of likely N-dealkylation sites (tertiary alicyclic amines) is 1. The predicted molar refractivity (Wildman–Crippen MR) is 171 cm³/mol. The quantitative estimate of drug-likeness (QED) is 0.443. The molecule has 1 saturated carbocycles. The molecule has 1 aliphatic carbocycles. The van der Waals surface area contributed by atoms with Gasteiger partial charge in [0.15, 0.2) is 0 Å². The Kier molecular flexibility index (Phi) is 9.23. The molecule has 1 N–H and O–H groups in total. The second-order valence-electron chi connectivity index (χ2n) is 12.6. The summed E-state index contributed by atoms with van der Waals surface area (Å²) in [6, 6.07) is 16.7. The summed E-state index contributed by atoms with van der Waals surface area (Å²) in [5.74, 6) is -0.0863. The van der Waals surface area contributed by atoms with Gasteiger partial charge in [-0.25, -0.2) is 0 Å². The van der Waals surface area contributed by atoms with Gasteiger partial charge < -0.3 is 20.0 Å². The number of para-hydroxylation sites is 1. The Morgan fingerprint density at radius 2 is 1.62 bits per heavy atom. The Balaban J connectivity index is 1.20. The second-order valence-corrected chi connectivity index (χ2v) is 12.6. The Labute approximate surface area is 251 Å². The Hall–Kier alpha value is -3.19. The lowest BCUT2D eigenvalue weighted by molar-refractivity contribution is -0.120. The maximum atomic E-state index is 14.0. The van der Waals surface area contributed by atoms with Gasteiger partial charge in [0.1, 0.15) is 0 Å². The number of benzodiazepines with no additional fused rings is 1. The maximum Gasteiger partial charge on any atom is 0.272 e. The zero-order chi connectivity index (χ0) is 28.9. The van der Waals surface area contributed by atoms with Gasteiger partial charge >= 0.3 is 0 Å². The van der Waals surface area contributed by atoms with Crippen molar-refractivity contribution in [2.75, 3.05) is 42.5 Å². The zero-order valence-corrected chi connectivity index (χ0v) is 25.3. The van der Waals surface area contributed by atoms with E-state index >= 15 is 0 Å². The molecule has 6 rings (SSSR count). The fourth-order valence-electron chi connectivity index (χ4n) is 7.53. The molecule has 0 bridgehead atoms. The summed E-state index contributed by atoms with van der Waals surface area (Å²) in [4.78, 5) is 39.7. The second kappa shape index (κ2) is 13.4. The number of nitrogens with zero attached hydrogens (tertiary/aromatic N) is 4. The monoisotopic (exact) mass is 569 g/mol. The smallest absolute Gasteiger partial charge is 0.272 e. The number of hydrogen-bond donors (Lipinski definition) is 1. The molecule has 2 amide bonds. The number of nitrogens with one attached hydrogen (secondary N) is 1. The van der Waals surface area contributed by atoms with E-state index in [1.807, 2.05) is 41.3 Å². The lowest BCUT2D eigenvalue weighted by Crippen LogP contribution is -2.48. The van der Waals surface area contributed by atoms with Crippen molar-refractivity contribution in [2.45, 2.75) is 89.8 Å². The molecule has 0 radical (unpaired) electrons. The van der Waals surface area contributed by atoms with Crippen molar-refractivity contribution in [3.05, 3.63) is 59.7 Å². The topological polar surface area (TPSA) is 68.2 Å². The highest BCUT2D eigenvalue weighted by atomic mass is 16.2. The molecule has 1 atom stereocenters. The highest BCUT2D eigenvalue weighted by molar-refractivity contribution is 6.14. The van der Waals surface area contributed by atoms with E-state index in [1.165, 1.54) is 64.5 Å². The molecule has 3 fully saturated rings.